The van der Waals surface area contributed by atoms with Crippen LogP contribution in [0.2, 0.25) is 0 Å². The molecule has 0 aliphatic heterocycles. The van der Waals surface area contributed by atoms with E-state index < -0.39 is 5.60 Å². The lowest BCUT2D eigenvalue weighted by Gasteiger charge is -2.22. The monoisotopic (exact) mass is 210 g/mol. The summed E-state index contributed by atoms with van der Waals surface area (Å²) in [5, 5.41) is 0. The van der Waals surface area contributed by atoms with Crippen LogP contribution in [-0.2, 0) is 10.3 Å². The first-order chi connectivity index (χ1) is 6.92. The number of nitrogens with one attached hydrogen (secondary N) is 1. The van der Waals surface area contributed by atoms with Gasteiger partial charge in [-0.3, -0.25) is 0 Å². The molecule has 0 unspecified atom stereocenters. The molecule has 1 aromatic rings. The quantitative estimate of drug-likeness (QED) is 0.580. The van der Waals surface area contributed by atoms with Crippen molar-refractivity contribution < 1.29 is 4.74 Å². The molecule has 5 nitrogen and oxygen atoms in total. The molecule has 0 spiro atoms. The van der Waals surface area contributed by atoms with Crippen LogP contribution in [0.5, 0.6) is 0 Å². The Morgan fingerprint density at radius 1 is 1.27 bits per heavy atom. The highest BCUT2D eigenvalue weighted by Crippen LogP contribution is 2.23. The van der Waals surface area contributed by atoms with Gasteiger partial charge in [-0.2, -0.15) is 0 Å². The zero-order chi connectivity index (χ0) is 11.6. The fraction of sp³-hybridized carbons (Fsp3) is 0.600. The topological polar surface area (TPSA) is 73.1 Å². The second-order valence-corrected chi connectivity index (χ2v) is 3.97. The molecule has 0 radical (unpaired) electrons. The zero-order valence-corrected chi connectivity index (χ0v) is 9.88. The number of aromatic nitrogens is 2. The largest absolute Gasteiger partial charge is 0.371 e. The van der Waals surface area contributed by atoms with Crippen LogP contribution in [0.25, 0.3) is 0 Å². The van der Waals surface area contributed by atoms with Gasteiger partial charge in [0, 0.05) is 18.4 Å². The Labute approximate surface area is 90.0 Å². The predicted molar refractivity (Wildman–Crippen MR) is 59.4 cm³/mol. The molecule has 0 saturated heterocycles. The van der Waals surface area contributed by atoms with Crippen molar-refractivity contribution in [1.82, 2.24) is 9.97 Å². The SMILES string of the molecule is COC(C)(C)c1nc(C)c(C)c(NN)n1. The third-order valence-corrected chi connectivity index (χ3v) is 2.57. The molecular weight excluding hydrogens is 192 g/mol. The maximum absolute atomic E-state index is 5.39. The highest BCUT2D eigenvalue weighted by molar-refractivity contribution is 5.44. The molecule has 1 aromatic heterocycles. The number of rotatable bonds is 3. The normalized spacial score (nSPS) is 11.6. The van der Waals surface area contributed by atoms with Crippen LogP contribution >= 0.6 is 0 Å². The fourth-order valence-corrected chi connectivity index (χ4v) is 1.13. The zero-order valence-electron chi connectivity index (χ0n) is 9.88. The number of nitrogens with two attached hydrogens (primary N) is 1. The third kappa shape index (κ3) is 2.24. The number of hydrogen-bond acceptors (Lipinski definition) is 5. The lowest BCUT2D eigenvalue weighted by molar-refractivity contribution is 0.0114. The number of anilines is 1. The molecular formula is C10H18N4O. The number of nitrogens with zero attached hydrogens (tertiary/aromatic N) is 2. The van der Waals surface area contributed by atoms with E-state index in [1.807, 2.05) is 27.7 Å². The van der Waals surface area contributed by atoms with Crippen LogP contribution in [0.4, 0.5) is 5.82 Å². The van der Waals surface area contributed by atoms with Gasteiger partial charge < -0.3 is 10.2 Å². The highest BCUT2D eigenvalue weighted by Gasteiger charge is 2.24. The van der Waals surface area contributed by atoms with E-state index in [0.29, 0.717) is 11.6 Å². The van der Waals surface area contributed by atoms with Crippen molar-refractivity contribution in [2.75, 3.05) is 12.5 Å². The lowest BCUT2D eigenvalue weighted by Crippen LogP contribution is -2.25. The van der Waals surface area contributed by atoms with E-state index in [9.17, 15) is 0 Å². The molecule has 1 heterocycles. The van der Waals surface area contributed by atoms with Gasteiger partial charge >= 0.3 is 0 Å². The molecule has 0 bridgehead atoms. The Kier molecular flexibility index (Phi) is 3.26. The minimum absolute atomic E-state index is 0.510. The first-order valence-corrected chi connectivity index (χ1v) is 4.80. The van der Waals surface area contributed by atoms with Crippen LogP contribution in [0.15, 0.2) is 0 Å². The predicted octanol–water partition coefficient (Wildman–Crippen LogP) is 1.26. The second-order valence-electron chi connectivity index (χ2n) is 3.97. The number of nitrogen functional groups attached to an aromatic ring is 1. The van der Waals surface area contributed by atoms with Crippen LogP contribution in [0.3, 0.4) is 0 Å². The Balaban J connectivity index is 3.28. The molecule has 84 valence electrons. The van der Waals surface area contributed by atoms with E-state index in [0.717, 1.165) is 11.3 Å². The van der Waals surface area contributed by atoms with Gasteiger partial charge in [0.05, 0.1) is 0 Å². The Morgan fingerprint density at radius 2 is 1.87 bits per heavy atom. The van der Waals surface area contributed by atoms with Gasteiger partial charge in [0.15, 0.2) is 5.82 Å². The summed E-state index contributed by atoms with van der Waals surface area (Å²) in [5.41, 5.74) is 3.91. The van der Waals surface area contributed by atoms with Gasteiger partial charge in [-0.15, -0.1) is 0 Å². The summed E-state index contributed by atoms with van der Waals surface area (Å²) in [5.74, 6) is 6.66. The van der Waals surface area contributed by atoms with Gasteiger partial charge in [-0.25, -0.2) is 15.8 Å². The number of aryl methyl sites for hydroxylation is 1. The second kappa shape index (κ2) is 4.12. The molecule has 5 heteroatoms. The van der Waals surface area contributed by atoms with E-state index in [1.54, 1.807) is 7.11 Å². The van der Waals surface area contributed by atoms with Crippen molar-refractivity contribution >= 4 is 5.82 Å². The number of methoxy groups -OCH3 is 1. The summed E-state index contributed by atoms with van der Waals surface area (Å²) in [7, 11) is 1.63. The molecule has 3 N–H and O–H groups in total. The molecule has 1 rings (SSSR count). The van der Waals surface area contributed by atoms with E-state index in [2.05, 4.69) is 15.4 Å². The molecule has 0 aliphatic carbocycles. The van der Waals surface area contributed by atoms with Gasteiger partial charge in [0.2, 0.25) is 0 Å². The number of ether oxygens (including phenoxy) is 1. The first-order valence-electron chi connectivity index (χ1n) is 4.80. The van der Waals surface area contributed by atoms with Crippen molar-refractivity contribution in [3.8, 4) is 0 Å². The van der Waals surface area contributed by atoms with Gasteiger partial charge in [-0.1, -0.05) is 0 Å². The maximum atomic E-state index is 5.39. The smallest absolute Gasteiger partial charge is 0.162 e. The van der Waals surface area contributed by atoms with Gasteiger partial charge in [-0.05, 0) is 27.7 Å². The summed E-state index contributed by atoms with van der Waals surface area (Å²) in [6.45, 7) is 7.68. The average molecular weight is 210 g/mol. The summed E-state index contributed by atoms with van der Waals surface area (Å²) in [6.07, 6.45) is 0. The fourth-order valence-electron chi connectivity index (χ4n) is 1.13. The summed E-state index contributed by atoms with van der Waals surface area (Å²) in [6, 6.07) is 0. The molecule has 0 fully saturated rings. The van der Waals surface area contributed by atoms with Crippen molar-refractivity contribution in [2.24, 2.45) is 5.84 Å². The Hall–Kier alpha value is -1.20. The maximum Gasteiger partial charge on any atom is 0.162 e. The van der Waals surface area contributed by atoms with Gasteiger partial charge in [0.1, 0.15) is 11.4 Å². The minimum Gasteiger partial charge on any atom is -0.371 e. The van der Waals surface area contributed by atoms with E-state index >= 15 is 0 Å². The average Bonchev–Trinajstić information content (AvgIpc) is 2.21. The highest BCUT2D eigenvalue weighted by atomic mass is 16.5. The Morgan fingerprint density at radius 3 is 2.33 bits per heavy atom. The Bertz CT molecular complexity index is 363. The van der Waals surface area contributed by atoms with Crippen molar-refractivity contribution in [3.63, 3.8) is 0 Å². The molecule has 0 atom stereocenters. The molecule has 15 heavy (non-hydrogen) atoms. The first kappa shape index (κ1) is 11.9. The van der Waals surface area contributed by atoms with Crippen LogP contribution in [-0.4, -0.2) is 17.1 Å². The molecule has 0 amide bonds. The van der Waals surface area contributed by atoms with Crippen LogP contribution in [0.1, 0.15) is 30.9 Å². The molecule has 0 aliphatic rings. The van der Waals surface area contributed by atoms with Crippen molar-refractivity contribution in [1.29, 1.82) is 0 Å². The summed E-state index contributed by atoms with van der Waals surface area (Å²) < 4.78 is 5.32. The van der Waals surface area contributed by atoms with Crippen LogP contribution in [0, 0.1) is 13.8 Å². The summed E-state index contributed by atoms with van der Waals surface area (Å²) in [4.78, 5) is 8.71. The standard InChI is InChI=1S/C10H18N4O/c1-6-7(2)12-9(10(3,4)15-5)13-8(6)14-11/h11H2,1-5H3,(H,12,13,14). The summed E-state index contributed by atoms with van der Waals surface area (Å²) >= 11 is 0. The van der Waals surface area contributed by atoms with E-state index in [4.69, 9.17) is 10.6 Å². The van der Waals surface area contributed by atoms with Gasteiger partial charge in [0.25, 0.3) is 0 Å². The van der Waals surface area contributed by atoms with E-state index in [-0.39, 0.29) is 0 Å². The number of hydrogen-bond donors (Lipinski definition) is 2. The van der Waals surface area contributed by atoms with Crippen LogP contribution < -0.4 is 11.3 Å². The molecule has 0 saturated carbocycles. The number of hydrazine groups is 1. The minimum atomic E-state index is -0.510. The van der Waals surface area contributed by atoms with Crippen molar-refractivity contribution in [2.45, 2.75) is 33.3 Å². The third-order valence-electron chi connectivity index (χ3n) is 2.57. The van der Waals surface area contributed by atoms with E-state index in [1.165, 1.54) is 0 Å². The lowest BCUT2D eigenvalue weighted by atomic mass is 10.1. The molecule has 0 aromatic carbocycles. The van der Waals surface area contributed by atoms with Crippen molar-refractivity contribution in [3.05, 3.63) is 17.1 Å².